The van der Waals surface area contributed by atoms with E-state index < -0.39 is 0 Å². The van der Waals surface area contributed by atoms with Gasteiger partial charge in [-0.3, -0.25) is 13.9 Å². The van der Waals surface area contributed by atoms with Crippen LogP contribution < -0.4 is 10.6 Å². The molecule has 0 aromatic carbocycles. The van der Waals surface area contributed by atoms with Gasteiger partial charge in [0.2, 0.25) is 0 Å². The van der Waals surface area contributed by atoms with E-state index >= 15 is 0 Å². The Morgan fingerprint density at radius 1 is 1.33 bits per heavy atom. The molecule has 0 saturated heterocycles. The lowest BCUT2D eigenvalue weighted by molar-refractivity contribution is 0.0945. The SMILES string of the molecule is Cn1cc(Nc2cccn3c(C#CCCNC(=O)c4nc(Br)c(Br)[nH]4)cnc23)cn1. The van der Waals surface area contributed by atoms with Crippen LogP contribution in [0.5, 0.6) is 0 Å². The number of rotatable bonds is 5. The molecular formula is C19H16Br2N8O. The molecule has 0 aliphatic heterocycles. The predicted octanol–water partition coefficient (Wildman–Crippen LogP) is 3.23. The number of fused-ring (bicyclic) bond motifs is 1. The summed E-state index contributed by atoms with van der Waals surface area (Å²) in [6.45, 7) is 0.409. The summed E-state index contributed by atoms with van der Waals surface area (Å²) in [5.41, 5.74) is 3.28. The number of anilines is 2. The highest BCUT2D eigenvalue weighted by Crippen LogP contribution is 2.21. The lowest BCUT2D eigenvalue weighted by atomic mass is 10.3. The Balaban J connectivity index is 1.39. The zero-order valence-electron chi connectivity index (χ0n) is 15.8. The van der Waals surface area contributed by atoms with E-state index in [1.54, 1.807) is 17.1 Å². The number of aromatic nitrogens is 6. The third-order valence-corrected chi connectivity index (χ3v) is 5.79. The number of nitrogens with one attached hydrogen (secondary N) is 3. The lowest BCUT2D eigenvalue weighted by Gasteiger charge is -2.05. The first kappa shape index (κ1) is 20.2. The molecule has 0 unspecified atom stereocenters. The highest BCUT2D eigenvalue weighted by atomic mass is 79.9. The highest BCUT2D eigenvalue weighted by molar-refractivity contribution is 9.13. The summed E-state index contributed by atoms with van der Waals surface area (Å²) in [5.74, 6) is 6.12. The standard InChI is InChI=1S/C19H16Br2N8O/c1-28-11-12(9-24-28)25-14-6-4-8-29-13(10-23-18(14)29)5-2-3-7-22-19(30)17-26-15(20)16(21)27-17/h4,6,8-11,25H,3,7H2,1H3,(H,22,30)(H,26,27). The second kappa shape index (κ2) is 8.73. The molecule has 1 amide bonds. The van der Waals surface area contributed by atoms with Gasteiger partial charge in [0.15, 0.2) is 11.5 Å². The Labute approximate surface area is 188 Å². The van der Waals surface area contributed by atoms with Gasteiger partial charge in [-0.1, -0.05) is 5.92 Å². The Hall–Kier alpha value is -3.10. The first-order valence-electron chi connectivity index (χ1n) is 8.91. The minimum Gasteiger partial charge on any atom is -0.350 e. The number of hydrogen-bond acceptors (Lipinski definition) is 5. The molecule has 30 heavy (non-hydrogen) atoms. The molecule has 0 saturated carbocycles. The van der Waals surface area contributed by atoms with Crippen molar-refractivity contribution in [2.45, 2.75) is 6.42 Å². The number of nitrogens with zero attached hydrogens (tertiary/aromatic N) is 5. The summed E-state index contributed by atoms with van der Waals surface area (Å²) in [7, 11) is 1.86. The van der Waals surface area contributed by atoms with Gasteiger partial charge in [-0.05, 0) is 49.9 Å². The first-order chi connectivity index (χ1) is 14.5. The zero-order valence-corrected chi connectivity index (χ0v) is 19.0. The molecule has 152 valence electrons. The summed E-state index contributed by atoms with van der Waals surface area (Å²) >= 11 is 6.49. The number of aromatic amines is 1. The van der Waals surface area contributed by atoms with Crippen LogP contribution in [0.4, 0.5) is 11.4 Å². The van der Waals surface area contributed by atoms with Crippen LogP contribution in [-0.2, 0) is 7.05 Å². The molecule has 0 aliphatic carbocycles. The Bertz CT molecular complexity index is 1260. The van der Waals surface area contributed by atoms with Crippen LogP contribution >= 0.6 is 31.9 Å². The molecule has 0 radical (unpaired) electrons. The van der Waals surface area contributed by atoms with Crippen molar-refractivity contribution < 1.29 is 4.79 Å². The first-order valence-corrected chi connectivity index (χ1v) is 10.5. The third kappa shape index (κ3) is 4.39. The number of amides is 1. The molecule has 0 spiro atoms. The van der Waals surface area contributed by atoms with Gasteiger partial charge in [0, 0.05) is 32.4 Å². The molecule has 0 aliphatic rings. The number of carbonyl (C=O) groups is 1. The van der Waals surface area contributed by atoms with Crippen LogP contribution in [-0.4, -0.2) is 41.6 Å². The fourth-order valence-electron chi connectivity index (χ4n) is 2.76. The summed E-state index contributed by atoms with van der Waals surface area (Å²) in [6.07, 6.45) is 7.78. The van der Waals surface area contributed by atoms with E-state index in [0.717, 1.165) is 22.7 Å². The van der Waals surface area contributed by atoms with E-state index in [4.69, 9.17) is 0 Å². The van der Waals surface area contributed by atoms with Crippen LogP contribution in [0.3, 0.4) is 0 Å². The van der Waals surface area contributed by atoms with Crippen LogP contribution in [0, 0.1) is 11.8 Å². The Kier molecular flexibility index (Phi) is 5.87. The van der Waals surface area contributed by atoms with E-state index in [9.17, 15) is 4.79 Å². The molecule has 3 N–H and O–H groups in total. The Morgan fingerprint density at radius 3 is 2.93 bits per heavy atom. The molecule has 4 aromatic rings. The van der Waals surface area contributed by atoms with E-state index in [-0.39, 0.29) is 11.7 Å². The number of pyridine rings is 1. The lowest BCUT2D eigenvalue weighted by Crippen LogP contribution is -2.25. The predicted molar refractivity (Wildman–Crippen MR) is 119 cm³/mol. The van der Waals surface area contributed by atoms with E-state index in [1.165, 1.54) is 0 Å². The number of aryl methyl sites for hydroxylation is 1. The van der Waals surface area contributed by atoms with Crippen molar-refractivity contribution in [3.63, 3.8) is 0 Å². The van der Waals surface area contributed by atoms with Gasteiger partial charge >= 0.3 is 0 Å². The molecule has 0 fully saturated rings. The number of halogens is 2. The second-order valence-corrected chi connectivity index (χ2v) is 7.83. The summed E-state index contributed by atoms with van der Waals surface area (Å²) in [6, 6.07) is 3.88. The van der Waals surface area contributed by atoms with Gasteiger partial charge in [0.25, 0.3) is 5.91 Å². The van der Waals surface area contributed by atoms with Crippen molar-refractivity contribution in [2.75, 3.05) is 11.9 Å². The van der Waals surface area contributed by atoms with Crippen molar-refractivity contribution in [3.05, 3.63) is 57.6 Å². The van der Waals surface area contributed by atoms with Crippen molar-refractivity contribution in [3.8, 4) is 11.8 Å². The third-order valence-electron chi connectivity index (χ3n) is 4.11. The van der Waals surface area contributed by atoms with Crippen LogP contribution in [0.1, 0.15) is 22.7 Å². The summed E-state index contributed by atoms with van der Waals surface area (Å²) in [5, 5.41) is 10.2. The molecule has 9 nitrogen and oxygen atoms in total. The largest absolute Gasteiger partial charge is 0.350 e. The molecule has 4 rings (SSSR count). The van der Waals surface area contributed by atoms with Crippen LogP contribution in [0.25, 0.3) is 5.65 Å². The van der Waals surface area contributed by atoms with Gasteiger partial charge in [-0.15, -0.1) is 0 Å². The van der Waals surface area contributed by atoms with Gasteiger partial charge in [-0.2, -0.15) is 5.10 Å². The number of hydrogen-bond donors (Lipinski definition) is 3. The number of carbonyl (C=O) groups excluding carboxylic acids is 1. The van der Waals surface area contributed by atoms with Crippen LogP contribution in [0.15, 0.2) is 46.1 Å². The van der Waals surface area contributed by atoms with E-state index in [1.807, 2.05) is 36.0 Å². The topological polar surface area (TPSA) is 105 Å². The minimum absolute atomic E-state index is 0.233. The summed E-state index contributed by atoms with van der Waals surface area (Å²) in [4.78, 5) is 23.4. The number of H-pyrrole nitrogens is 1. The highest BCUT2D eigenvalue weighted by Gasteiger charge is 2.12. The molecule has 4 aromatic heterocycles. The molecule has 0 bridgehead atoms. The average molecular weight is 532 g/mol. The van der Waals surface area contributed by atoms with Crippen molar-refractivity contribution in [1.29, 1.82) is 0 Å². The van der Waals surface area contributed by atoms with E-state index in [2.05, 4.69) is 74.4 Å². The van der Waals surface area contributed by atoms with Crippen LogP contribution in [0.2, 0.25) is 0 Å². The fraction of sp³-hybridized carbons (Fsp3) is 0.158. The summed E-state index contributed by atoms with van der Waals surface area (Å²) < 4.78 is 4.82. The number of imidazole rings is 2. The molecule has 4 heterocycles. The normalized spacial score (nSPS) is 10.6. The monoisotopic (exact) mass is 530 g/mol. The smallest absolute Gasteiger partial charge is 0.287 e. The molecular weight excluding hydrogens is 516 g/mol. The van der Waals surface area contributed by atoms with Gasteiger partial charge < -0.3 is 15.6 Å². The van der Waals surface area contributed by atoms with Gasteiger partial charge in [0.05, 0.1) is 23.8 Å². The van der Waals surface area contributed by atoms with Crippen molar-refractivity contribution in [1.82, 2.24) is 34.4 Å². The average Bonchev–Trinajstić information content (AvgIpc) is 3.42. The molecule has 0 atom stereocenters. The van der Waals surface area contributed by atoms with Gasteiger partial charge in [0.1, 0.15) is 14.9 Å². The zero-order chi connectivity index (χ0) is 21.1. The molecule has 11 heteroatoms. The minimum atomic E-state index is -0.288. The quantitative estimate of drug-likeness (QED) is 0.271. The van der Waals surface area contributed by atoms with E-state index in [0.29, 0.717) is 22.2 Å². The maximum atomic E-state index is 12.0. The maximum Gasteiger partial charge on any atom is 0.287 e. The van der Waals surface area contributed by atoms with Gasteiger partial charge in [-0.25, -0.2) is 9.97 Å². The second-order valence-electron chi connectivity index (χ2n) is 6.28. The van der Waals surface area contributed by atoms with Crippen molar-refractivity contribution in [2.24, 2.45) is 7.05 Å². The maximum absolute atomic E-state index is 12.0. The fourth-order valence-corrected chi connectivity index (χ4v) is 3.31. The van der Waals surface area contributed by atoms with Crippen molar-refractivity contribution >= 4 is 54.8 Å². The Morgan fingerprint density at radius 2 is 2.20 bits per heavy atom.